The average Bonchev–Trinajstić information content (AvgIpc) is 2.70. The third-order valence-corrected chi connectivity index (χ3v) is 3.87. The standard InChI is InChI=1S/C18H18F2N2O7/c1-26-11-4-5-14(27-2)10(6-11)9-21-17(23)12-7-15(28-3)16(29-18(19)20)8-13(12)22(24)25/h4-8,18H,9H2,1-3H3,(H,21,23). The predicted molar refractivity (Wildman–Crippen MR) is 97.0 cm³/mol. The van der Waals surface area contributed by atoms with Crippen LogP contribution in [0, 0.1) is 10.1 Å². The molecule has 156 valence electrons. The minimum absolute atomic E-state index is 0.0338. The zero-order valence-corrected chi connectivity index (χ0v) is 15.7. The fraction of sp³-hybridized carbons (Fsp3) is 0.278. The van der Waals surface area contributed by atoms with Gasteiger partial charge in [-0.2, -0.15) is 8.78 Å². The van der Waals surface area contributed by atoms with Gasteiger partial charge in [-0.15, -0.1) is 0 Å². The molecule has 0 bridgehead atoms. The van der Waals surface area contributed by atoms with Gasteiger partial charge in [-0.3, -0.25) is 14.9 Å². The van der Waals surface area contributed by atoms with E-state index < -0.39 is 28.9 Å². The van der Waals surface area contributed by atoms with Crippen molar-refractivity contribution in [3.05, 3.63) is 51.6 Å². The molecule has 0 aliphatic rings. The maximum absolute atomic E-state index is 12.6. The van der Waals surface area contributed by atoms with Gasteiger partial charge in [-0.1, -0.05) is 0 Å². The Bertz CT molecular complexity index is 906. The van der Waals surface area contributed by atoms with E-state index in [1.807, 2.05) is 0 Å². The van der Waals surface area contributed by atoms with E-state index >= 15 is 0 Å². The Morgan fingerprint density at radius 1 is 1.07 bits per heavy atom. The molecule has 11 heteroatoms. The molecule has 0 atom stereocenters. The first kappa shape index (κ1) is 21.7. The van der Waals surface area contributed by atoms with Crippen molar-refractivity contribution < 1.29 is 37.4 Å². The zero-order chi connectivity index (χ0) is 21.6. The quantitative estimate of drug-likeness (QED) is 0.498. The second kappa shape index (κ2) is 9.53. The lowest BCUT2D eigenvalue weighted by atomic mass is 10.1. The first-order valence-corrected chi connectivity index (χ1v) is 8.11. The number of methoxy groups -OCH3 is 3. The second-order valence-corrected chi connectivity index (χ2v) is 5.52. The molecule has 1 N–H and O–H groups in total. The molecule has 2 aromatic rings. The molecule has 9 nitrogen and oxygen atoms in total. The van der Waals surface area contributed by atoms with Crippen LogP contribution in [0.3, 0.4) is 0 Å². The molecule has 2 rings (SSSR count). The summed E-state index contributed by atoms with van der Waals surface area (Å²) in [6.07, 6.45) is 0. The van der Waals surface area contributed by atoms with Gasteiger partial charge < -0.3 is 24.3 Å². The number of alkyl halides is 2. The van der Waals surface area contributed by atoms with Gasteiger partial charge in [0.25, 0.3) is 11.6 Å². The summed E-state index contributed by atoms with van der Waals surface area (Å²) in [5, 5.41) is 13.9. The van der Waals surface area contributed by atoms with Crippen molar-refractivity contribution in [1.29, 1.82) is 0 Å². The molecular weight excluding hydrogens is 394 g/mol. The fourth-order valence-corrected chi connectivity index (χ4v) is 2.52. The number of carbonyl (C=O) groups excluding carboxylic acids is 1. The van der Waals surface area contributed by atoms with Gasteiger partial charge in [0.15, 0.2) is 11.5 Å². The lowest BCUT2D eigenvalue weighted by Gasteiger charge is -2.13. The number of ether oxygens (including phenoxy) is 4. The summed E-state index contributed by atoms with van der Waals surface area (Å²) >= 11 is 0. The molecule has 0 saturated carbocycles. The van der Waals surface area contributed by atoms with Crippen LogP contribution in [0.5, 0.6) is 23.0 Å². The minimum atomic E-state index is -3.22. The van der Waals surface area contributed by atoms with Crippen molar-refractivity contribution in [3.8, 4) is 23.0 Å². The number of nitro groups is 1. The van der Waals surface area contributed by atoms with Crippen molar-refractivity contribution in [1.82, 2.24) is 5.32 Å². The number of nitrogens with one attached hydrogen (secondary N) is 1. The van der Waals surface area contributed by atoms with E-state index in [9.17, 15) is 23.7 Å². The Hall–Kier alpha value is -3.63. The van der Waals surface area contributed by atoms with Gasteiger partial charge in [0, 0.05) is 18.2 Å². The number of halogens is 2. The van der Waals surface area contributed by atoms with Crippen molar-refractivity contribution in [2.24, 2.45) is 0 Å². The normalized spacial score (nSPS) is 10.4. The van der Waals surface area contributed by atoms with E-state index in [4.69, 9.17) is 14.2 Å². The largest absolute Gasteiger partial charge is 0.497 e. The molecule has 0 spiro atoms. The van der Waals surface area contributed by atoms with Crippen LogP contribution in [-0.2, 0) is 6.54 Å². The predicted octanol–water partition coefficient (Wildman–Crippen LogP) is 3.15. The summed E-state index contributed by atoms with van der Waals surface area (Å²) in [5.74, 6) is -0.626. The number of rotatable bonds is 9. The topological polar surface area (TPSA) is 109 Å². The molecular formula is C18H18F2N2O7. The van der Waals surface area contributed by atoms with Gasteiger partial charge >= 0.3 is 6.61 Å². The summed E-state index contributed by atoms with van der Waals surface area (Å²) in [4.78, 5) is 23.0. The van der Waals surface area contributed by atoms with Crippen LogP contribution in [0.4, 0.5) is 14.5 Å². The molecule has 0 fully saturated rings. The van der Waals surface area contributed by atoms with Crippen molar-refractivity contribution >= 4 is 11.6 Å². The van der Waals surface area contributed by atoms with Crippen LogP contribution in [0.2, 0.25) is 0 Å². The van der Waals surface area contributed by atoms with E-state index in [2.05, 4.69) is 10.1 Å². The monoisotopic (exact) mass is 412 g/mol. The molecule has 0 heterocycles. The van der Waals surface area contributed by atoms with E-state index in [-0.39, 0.29) is 17.9 Å². The van der Waals surface area contributed by atoms with Crippen molar-refractivity contribution in [2.75, 3.05) is 21.3 Å². The molecule has 0 radical (unpaired) electrons. The van der Waals surface area contributed by atoms with Crippen LogP contribution in [0.25, 0.3) is 0 Å². The van der Waals surface area contributed by atoms with Gasteiger partial charge in [-0.25, -0.2) is 0 Å². The van der Waals surface area contributed by atoms with Crippen LogP contribution in [0.15, 0.2) is 30.3 Å². The Labute approximate surface area is 164 Å². The first-order chi connectivity index (χ1) is 13.8. The van der Waals surface area contributed by atoms with Crippen LogP contribution in [-0.4, -0.2) is 38.8 Å². The maximum atomic E-state index is 12.6. The SMILES string of the molecule is COc1ccc(OC)c(CNC(=O)c2cc(OC)c(OC(F)F)cc2[N+](=O)[O-])c1. The Kier molecular flexibility index (Phi) is 7.12. The number of amides is 1. The average molecular weight is 412 g/mol. The summed E-state index contributed by atoms with van der Waals surface area (Å²) < 4.78 is 44.5. The molecule has 0 aliphatic heterocycles. The number of hydrogen-bond acceptors (Lipinski definition) is 7. The molecule has 0 aliphatic carbocycles. The van der Waals surface area contributed by atoms with Crippen LogP contribution in [0.1, 0.15) is 15.9 Å². The number of nitrogens with zero attached hydrogens (tertiary/aromatic N) is 1. The Morgan fingerprint density at radius 2 is 1.76 bits per heavy atom. The van der Waals surface area contributed by atoms with E-state index in [1.54, 1.807) is 18.2 Å². The minimum Gasteiger partial charge on any atom is -0.497 e. The summed E-state index contributed by atoms with van der Waals surface area (Å²) in [7, 11) is 4.08. The molecule has 0 unspecified atom stereocenters. The highest BCUT2D eigenvalue weighted by Gasteiger charge is 2.26. The number of nitro benzene ring substituents is 1. The van der Waals surface area contributed by atoms with Crippen molar-refractivity contribution in [3.63, 3.8) is 0 Å². The number of benzene rings is 2. The highest BCUT2D eigenvalue weighted by Crippen LogP contribution is 2.35. The van der Waals surface area contributed by atoms with E-state index in [1.165, 1.54) is 14.2 Å². The fourth-order valence-electron chi connectivity index (χ4n) is 2.52. The van der Waals surface area contributed by atoms with E-state index in [0.29, 0.717) is 23.1 Å². The summed E-state index contributed by atoms with van der Waals surface area (Å²) in [6.45, 7) is -3.25. The molecule has 0 saturated heterocycles. The second-order valence-electron chi connectivity index (χ2n) is 5.52. The van der Waals surface area contributed by atoms with Gasteiger partial charge in [-0.05, 0) is 18.2 Å². The maximum Gasteiger partial charge on any atom is 0.387 e. The van der Waals surface area contributed by atoms with Gasteiger partial charge in [0.2, 0.25) is 0 Å². The Morgan fingerprint density at radius 3 is 2.31 bits per heavy atom. The molecule has 29 heavy (non-hydrogen) atoms. The van der Waals surface area contributed by atoms with Crippen molar-refractivity contribution in [2.45, 2.75) is 13.2 Å². The Balaban J connectivity index is 2.34. The number of carbonyl (C=O) groups is 1. The highest BCUT2D eigenvalue weighted by molar-refractivity contribution is 5.99. The molecule has 2 aromatic carbocycles. The lowest BCUT2D eigenvalue weighted by molar-refractivity contribution is -0.385. The zero-order valence-electron chi connectivity index (χ0n) is 15.7. The van der Waals surface area contributed by atoms with Crippen LogP contribution >= 0.6 is 0 Å². The molecule has 1 amide bonds. The highest BCUT2D eigenvalue weighted by atomic mass is 19.3. The summed E-state index contributed by atoms with van der Waals surface area (Å²) in [5.41, 5.74) is -0.528. The third kappa shape index (κ3) is 5.21. The molecule has 0 aromatic heterocycles. The third-order valence-electron chi connectivity index (χ3n) is 3.87. The first-order valence-electron chi connectivity index (χ1n) is 8.11. The van der Waals surface area contributed by atoms with Gasteiger partial charge in [0.1, 0.15) is 17.1 Å². The summed E-state index contributed by atoms with van der Waals surface area (Å²) in [6, 6.07) is 6.62. The smallest absolute Gasteiger partial charge is 0.387 e. The van der Waals surface area contributed by atoms with Gasteiger partial charge in [0.05, 0.1) is 32.3 Å². The number of hydrogen-bond donors (Lipinski definition) is 1. The lowest BCUT2D eigenvalue weighted by Crippen LogP contribution is -2.24. The van der Waals surface area contributed by atoms with E-state index in [0.717, 1.165) is 13.2 Å². The van der Waals surface area contributed by atoms with Crippen LogP contribution < -0.4 is 24.3 Å².